The molecule has 3 aromatic carbocycles. The summed E-state index contributed by atoms with van der Waals surface area (Å²) in [5.74, 6) is -0.739. The van der Waals surface area contributed by atoms with Gasteiger partial charge in [-0.05, 0) is 55.7 Å². The lowest BCUT2D eigenvalue weighted by Crippen LogP contribution is -2.51. The van der Waals surface area contributed by atoms with E-state index in [9.17, 15) is 18.0 Å². The SMILES string of the molecule is CCCCNC(=O)C(C)N(Cc1ccccc1C)C(=O)CN(c1ccccc1)S(=O)(=O)c1ccccc1. The Balaban J connectivity index is 1.97. The minimum absolute atomic E-state index is 0.0856. The Kier molecular flexibility index (Phi) is 9.85. The zero-order chi connectivity index (χ0) is 26.8. The van der Waals surface area contributed by atoms with Crippen LogP contribution in [0, 0.1) is 6.92 Å². The molecule has 2 amide bonds. The minimum atomic E-state index is -4.04. The van der Waals surface area contributed by atoms with E-state index in [1.807, 2.05) is 38.1 Å². The van der Waals surface area contributed by atoms with Crippen LogP contribution in [-0.2, 0) is 26.2 Å². The second-order valence-electron chi connectivity index (χ2n) is 8.93. The number of para-hydroxylation sites is 1. The Labute approximate surface area is 220 Å². The first kappa shape index (κ1) is 27.9. The summed E-state index contributed by atoms with van der Waals surface area (Å²) in [6, 6.07) is 23.4. The Bertz CT molecular complexity index is 1280. The lowest BCUT2D eigenvalue weighted by atomic mass is 10.1. The Hall–Kier alpha value is -3.65. The van der Waals surface area contributed by atoms with Crippen LogP contribution >= 0.6 is 0 Å². The monoisotopic (exact) mass is 521 g/mol. The molecule has 0 aliphatic carbocycles. The maximum atomic E-state index is 13.8. The maximum Gasteiger partial charge on any atom is 0.264 e. The number of carbonyl (C=O) groups excluding carboxylic acids is 2. The molecule has 1 unspecified atom stereocenters. The molecule has 0 heterocycles. The highest BCUT2D eigenvalue weighted by Crippen LogP contribution is 2.24. The first-order valence-electron chi connectivity index (χ1n) is 12.5. The fourth-order valence-corrected chi connectivity index (χ4v) is 5.37. The first-order valence-corrected chi connectivity index (χ1v) is 13.9. The predicted molar refractivity (Wildman–Crippen MR) is 147 cm³/mol. The number of unbranched alkanes of at least 4 members (excludes halogenated alkanes) is 1. The van der Waals surface area contributed by atoms with Gasteiger partial charge in [-0.3, -0.25) is 13.9 Å². The van der Waals surface area contributed by atoms with Gasteiger partial charge in [0, 0.05) is 13.1 Å². The lowest BCUT2D eigenvalue weighted by molar-refractivity contribution is -0.139. The van der Waals surface area contributed by atoms with E-state index in [4.69, 9.17) is 0 Å². The number of carbonyl (C=O) groups is 2. The molecule has 1 N–H and O–H groups in total. The standard InChI is InChI=1S/C29H35N3O4S/c1-4-5-20-30-29(34)24(3)31(21-25-15-13-12-14-23(25)2)28(33)22-32(26-16-8-6-9-17-26)37(35,36)27-18-10-7-11-19-27/h6-19,24H,4-5,20-22H2,1-3H3,(H,30,34). The van der Waals surface area contributed by atoms with E-state index in [2.05, 4.69) is 5.32 Å². The smallest absolute Gasteiger partial charge is 0.264 e. The second-order valence-corrected chi connectivity index (χ2v) is 10.8. The molecule has 0 saturated heterocycles. The van der Waals surface area contributed by atoms with Crippen molar-refractivity contribution >= 4 is 27.5 Å². The maximum absolute atomic E-state index is 13.8. The number of nitrogens with zero attached hydrogens (tertiary/aromatic N) is 2. The lowest BCUT2D eigenvalue weighted by Gasteiger charge is -2.32. The topological polar surface area (TPSA) is 86.8 Å². The number of hydrogen-bond donors (Lipinski definition) is 1. The molecular weight excluding hydrogens is 486 g/mol. The van der Waals surface area contributed by atoms with E-state index in [1.54, 1.807) is 55.5 Å². The van der Waals surface area contributed by atoms with E-state index >= 15 is 0 Å². The van der Waals surface area contributed by atoms with Crippen LogP contribution in [0.1, 0.15) is 37.8 Å². The summed E-state index contributed by atoms with van der Waals surface area (Å²) in [6.07, 6.45) is 1.77. The molecule has 0 radical (unpaired) electrons. The van der Waals surface area contributed by atoms with Crippen molar-refractivity contribution < 1.29 is 18.0 Å². The van der Waals surface area contributed by atoms with Crippen molar-refractivity contribution in [1.82, 2.24) is 10.2 Å². The van der Waals surface area contributed by atoms with E-state index in [-0.39, 0.29) is 17.3 Å². The van der Waals surface area contributed by atoms with Gasteiger partial charge in [-0.25, -0.2) is 8.42 Å². The molecular formula is C29H35N3O4S. The molecule has 0 saturated carbocycles. The van der Waals surface area contributed by atoms with E-state index < -0.39 is 28.5 Å². The van der Waals surface area contributed by atoms with Crippen LogP contribution in [0.4, 0.5) is 5.69 Å². The van der Waals surface area contributed by atoms with E-state index in [0.717, 1.165) is 28.3 Å². The Morgan fingerprint density at radius 3 is 2.11 bits per heavy atom. The third-order valence-electron chi connectivity index (χ3n) is 6.25. The van der Waals surface area contributed by atoms with Gasteiger partial charge in [0.05, 0.1) is 10.6 Å². The summed E-state index contributed by atoms with van der Waals surface area (Å²) in [6.45, 7) is 5.91. The predicted octanol–water partition coefficient (Wildman–Crippen LogP) is 4.52. The van der Waals surface area contributed by atoms with Gasteiger partial charge in [0.2, 0.25) is 11.8 Å². The summed E-state index contributed by atoms with van der Waals surface area (Å²) in [4.78, 5) is 28.4. The van der Waals surface area contributed by atoms with Crippen LogP contribution in [0.25, 0.3) is 0 Å². The van der Waals surface area contributed by atoms with E-state index in [0.29, 0.717) is 12.2 Å². The van der Waals surface area contributed by atoms with Gasteiger partial charge in [0.15, 0.2) is 0 Å². The summed E-state index contributed by atoms with van der Waals surface area (Å²) in [5.41, 5.74) is 2.24. The highest BCUT2D eigenvalue weighted by molar-refractivity contribution is 7.92. The van der Waals surface area contributed by atoms with Crippen LogP contribution in [0.5, 0.6) is 0 Å². The van der Waals surface area contributed by atoms with Crippen molar-refractivity contribution in [1.29, 1.82) is 0 Å². The number of benzene rings is 3. The summed E-state index contributed by atoms with van der Waals surface area (Å²) < 4.78 is 28.4. The molecule has 3 aromatic rings. The summed E-state index contributed by atoms with van der Waals surface area (Å²) >= 11 is 0. The number of anilines is 1. The molecule has 0 aromatic heterocycles. The van der Waals surface area contributed by atoms with Crippen LogP contribution in [0.3, 0.4) is 0 Å². The minimum Gasteiger partial charge on any atom is -0.354 e. The zero-order valence-corrected chi connectivity index (χ0v) is 22.4. The van der Waals surface area contributed by atoms with Crippen molar-refractivity contribution in [2.24, 2.45) is 0 Å². The van der Waals surface area contributed by atoms with Crippen LogP contribution < -0.4 is 9.62 Å². The number of sulfonamides is 1. The van der Waals surface area contributed by atoms with Crippen LogP contribution in [0.2, 0.25) is 0 Å². The molecule has 8 heteroatoms. The van der Waals surface area contributed by atoms with Crippen molar-refractivity contribution in [2.45, 2.75) is 51.1 Å². The highest BCUT2D eigenvalue weighted by atomic mass is 32.2. The molecule has 3 rings (SSSR count). The quantitative estimate of drug-likeness (QED) is 0.355. The second kappa shape index (κ2) is 13.1. The molecule has 0 spiro atoms. The van der Waals surface area contributed by atoms with Gasteiger partial charge < -0.3 is 10.2 Å². The number of rotatable bonds is 12. The third-order valence-corrected chi connectivity index (χ3v) is 8.04. The molecule has 196 valence electrons. The number of nitrogens with one attached hydrogen (secondary N) is 1. The van der Waals surface area contributed by atoms with Crippen molar-refractivity contribution in [3.63, 3.8) is 0 Å². The Morgan fingerprint density at radius 2 is 1.49 bits per heavy atom. The van der Waals surface area contributed by atoms with Crippen LogP contribution in [0.15, 0.2) is 89.8 Å². The van der Waals surface area contributed by atoms with E-state index in [1.165, 1.54) is 17.0 Å². The summed E-state index contributed by atoms with van der Waals surface area (Å²) in [5, 5.41) is 2.90. The summed E-state index contributed by atoms with van der Waals surface area (Å²) in [7, 11) is -4.04. The van der Waals surface area contributed by atoms with Crippen molar-refractivity contribution in [3.8, 4) is 0 Å². The number of hydrogen-bond acceptors (Lipinski definition) is 4. The normalized spacial score (nSPS) is 12.0. The van der Waals surface area contributed by atoms with Crippen LogP contribution in [-0.4, -0.2) is 44.3 Å². The first-order chi connectivity index (χ1) is 17.8. The van der Waals surface area contributed by atoms with Gasteiger partial charge in [-0.15, -0.1) is 0 Å². The zero-order valence-electron chi connectivity index (χ0n) is 21.6. The number of amides is 2. The molecule has 37 heavy (non-hydrogen) atoms. The fourth-order valence-electron chi connectivity index (χ4n) is 3.93. The largest absolute Gasteiger partial charge is 0.354 e. The van der Waals surface area contributed by atoms with Gasteiger partial charge in [0.1, 0.15) is 12.6 Å². The van der Waals surface area contributed by atoms with Gasteiger partial charge in [0.25, 0.3) is 10.0 Å². The van der Waals surface area contributed by atoms with Gasteiger partial charge in [-0.2, -0.15) is 0 Å². The number of aryl methyl sites for hydroxylation is 1. The average Bonchev–Trinajstić information content (AvgIpc) is 2.91. The van der Waals surface area contributed by atoms with Gasteiger partial charge in [-0.1, -0.05) is 74.0 Å². The van der Waals surface area contributed by atoms with Crippen molar-refractivity contribution in [2.75, 3.05) is 17.4 Å². The molecule has 0 fully saturated rings. The Morgan fingerprint density at radius 1 is 0.892 bits per heavy atom. The molecule has 0 aliphatic heterocycles. The fraction of sp³-hybridized carbons (Fsp3) is 0.310. The molecule has 0 aliphatic rings. The highest BCUT2D eigenvalue weighted by Gasteiger charge is 2.32. The van der Waals surface area contributed by atoms with Crippen molar-refractivity contribution in [3.05, 3.63) is 96.1 Å². The third kappa shape index (κ3) is 7.20. The molecule has 1 atom stereocenters. The molecule has 7 nitrogen and oxygen atoms in total. The van der Waals surface area contributed by atoms with Gasteiger partial charge >= 0.3 is 0 Å². The average molecular weight is 522 g/mol. The molecule has 0 bridgehead atoms.